The van der Waals surface area contributed by atoms with Crippen LogP contribution in [0.2, 0.25) is 0 Å². The molecule has 0 aliphatic carbocycles. The molecule has 0 bridgehead atoms. The minimum Gasteiger partial charge on any atom is -0.490 e. The van der Waals surface area contributed by atoms with Gasteiger partial charge < -0.3 is 29.8 Å². The molecule has 1 atom stereocenters. The molecule has 1 unspecified atom stereocenters. The number of anilines is 4. The maximum Gasteiger partial charge on any atom is 0.180 e. The van der Waals surface area contributed by atoms with Gasteiger partial charge in [-0.05, 0) is 55.8 Å². The number of aromatic nitrogens is 3. The van der Waals surface area contributed by atoms with E-state index in [2.05, 4.69) is 38.7 Å². The Morgan fingerprint density at radius 3 is 2.88 bits per heavy atom. The summed E-state index contributed by atoms with van der Waals surface area (Å²) in [5.41, 5.74) is 5.01. The van der Waals surface area contributed by atoms with Gasteiger partial charge in [-0.2, -0.15) is 0 Å². The van der Waals surface area contributed by atoms with E-state index in [1.807, 2.05) is 48.0 Å². The molecule has 1 saturated heterocycles. The summed E-state index contributed by atoms with van der Waals surface area (Å²) in [5, 5.41) is 17.1. The van der Waals surface area contributed by atoms with Gasteiger partial charge in [0.25, 0.3) is 0 Å². The monoisotopic (exact) mass is 442 g/mol. The lowest BCUT2D eigenvalue weighted by Gasteiger charge is -2.21. The largest absolute Gasteiger partial charge is 0.490 e. The molecular weight excluding hydrogens is 416 g/mol. The Labute approximate surface area is 191 Å². The Morgan fingerprint density at radius 1 is 1.18 bits per heavy atom. The number of benzene rings is 2. The Balaban J connectivity index is 1.30. The highest BCUT2D eigenvalue weighted by Crippen LogP contribution is 2.33. The van der Waals surface area contributed by atoms with Crippen molar-refractivity contribution in [2.75, 3.05) is 41.8 Å². The summed E-state index contributed by atoms with van der Waals surface area (Å²) in [6.07, 6.45) is 6.47. The quantitative estimate of drug-likeness (QED) is 0.442. The third-order valence-corrected chi connectivity index (χ3v) is 6.27. The molecule has 2 aliphatic rings. The van der Waals surface area contributed by atoms with Gasteiger partial charge in [0, 0.05) is 55.2 Å². The number of hydrogen-bond acceptors (Lipinski definition) is 7. The number of aliphatic hydroxyl groups is 1. The molecular formula is C25H26N6O2. The van der Waals surface area contributed by atoms with Crippen LogP contribution in [0, 0.1) is 0 Å². The smallest absolute Gasteiger partial charge is 0.180 e. The predicted molar refractivity (Wildman–Crippen MR) is 130 cm³/mol. The van der Waals surface area contributed by atoms with Crippen molar-refractivity contribution in [2.24, 2.45) is 0 Å². The Hall–Kier alpha value is -3.78. The summed E-state index contributed by atoms with van der Waals surface area (Å²) in [4.78, 5) is 11.6. The normalized spacial score (nSPS) is 19.8. The summed E-state index contributed by atoms with van der Waals surface area (Å²) >= 11 is 0. The summed E-state index contributed by atoms with van der Waals surface area (Å²) < 4.78 is 7.69. The molecule has 2 aromatic heterocycles. The lowest BCUT2D eigenvalue weighted by Crippen LogP contribution is -2.29. The van der Waals surface area contributed by atoms with Crippen LogP contribution in [-0.2, 0) is 0 Å². The summed E-state index contributed by atoms with van der Waals surface area (Å²) in [5.74, 6) is 1.56. The van der Waals surface area contributed by atoms with Crippen molar-refractivity contribution >= 4 is 28.5 Å². The predicted octanol–water partition coefficient (Wildman–Crippen LogP) is 3.91. The van der Waals surface area contributed by atoms with Crippen LogP contribution in [0.1, 0.15) is 13.3 Å². The molecule has 4 aromatic rings. The fourth-order valence-electron chi connectivity index (χ4n) is 4.51. The summed E-state index contributed by atoms with van der Waals surface area (Å²) in [6.45, 7) is 4.87. The Morgan fingerprint density at radius 2 is 2.06 bits per heavy atom. The minimum absolute atomic E-state index is 0.619. The van der Waals surface area contributed by atoms with Gasteiger partial charge in [0.15, 0.2) is 11.5 Å². The van der Waals surface area contributed by atoms with E-state index in [0.29, 0.717) is 19.0 Å². The number of fused-ring (bicyclic) bond motifs is 2. The first-order valence-corrected chi connectivity index (χ1v) is 11.2. The molecule has 0 spiro atoms. The maximum absolute atomic E-state index is 10.3. The van der Waals surface area contributed by atoms with Crippen LogP contribution in [0.4, 0.5) is 22.9 Å². The highest BCUT2D eigenvalue weighted by Gasteiger charge is 2.31. The second-order valence-electron chi connectivity index (χ2n) is 8.96. The van der Waals surface area contributed by atoms with E-state index in [0.717, 1.165) is 59.2 Å². The molecule has 168 valence electrons. The van der Waals surface area contributed by atoms with Gasteiger partial charge in [0.1, 0.15) is 12.4 Å². The van der Waals surface area contributed by atoms with Gasteiger partial charge in [-0.3, -0.25) is 0 Å². The first-order valence-electron chi connectivity index (χ1n) is 11.2. The van der Waals surface area contributed by atoms with Gasteiger partial charge >= 0.3 is 0 Å². The maximum atomic E-state index is 10.3. The van der Waals surface area contributed by atoms with Gasteiger partial charge in [0.2, 0.25) is 0 Å². The molecule has 4 heterocycles. The lowest BCUT2D eigenvalue weighted by molar-refractivity contribution is 0.0839. The molecule has 2 aromatic carbocycles. The molecule has 8 nitrogen and oxygen atoms in total. The van der Waals surface area contributed by atoms with E-state index in [4.69, 9.17) is 9.72 Å². The van der Waals surface area contributed by atoms with E-state index in [1.165, 1.54) is 0 Å². The van der Waals surface area contributed by atoms with Gasteiger partial charge in [0.05, 0.1) is 17.0 Å². The van der Waals surface area contributed by atoms with Crippen LogP contribution >= 0.6 is 0 Å². The molecule has 6 rings (SSSR count). The lowest BCUT2D eigenvalue weighted by atomic mass is 10.1. The standard InChI is InChI=1S/C25H26N6O2/c1-25(32)8-11-31(16-25)19-5-3-18(4-6-19)28-23-24-27-9-12-30(24)15-21(29-23)17-2-7-22-20(14-17)26-10-13-33-22/h2-7,9,12,14-15,26,32H,8,10-11,13,16H2,1H3,(H,28,29). The van der Waals surface area contributed by atoms with E-state index in [-0.39, 0.29) is 0 Å². The molecule has 3 N–H and O–H groups in total. The van der Waals surface area contributed by atoms with Gasteiger partial charge in [-0.25, -0.2) is 9.97 Å². The number of nitrogens with zero attached hydrogens (tertiary/aromatic N) is 4. The van der Waals surface area contributed by atoms with Crippen LogP contribution in [-0.4, -0.2) is 51.3 Å². The molecule has 0 radical (unpaired) electrons. The first-order chi connectivity index (χ1) is 16.0. The Kier molecular flexibility index (Phi) is 4.62. The van der Waals surface area contributed by atoms with Crippen molar-refractivity contribution < 1.29 is 9.84 Å². The third kappa shape index (κ3) is 3.82. The molecule has 8 heteroatoms. The highest BCUT2D eigenvalue weighted by molar-refractivity contribution is 5.76. The van der Waals surface area contributed by atoms with Crippen LogP contribution in [0.5, 0.6) is 5.75 Å². The second kappa shape index (κ2) is 7.67. The van der Waals surface area contributed by atoms with Crippen molar-refractivity contribution in [1.29, 1.82) is 0 Å². The third-order valence-electron chi connectivity index (χ3n) is 6.27. The van der Waals surface area contributed by atoms with Crippen LogP contribution in [0.15, 0.2) is 61.1 Å². The fourth-order valence-corrected chi connectivity index (χ4v) is 4.51. The SMILES string of the molecule is CC1(O)CCN(c2ccc(Nc3nc(-c4ccc5c(c4)NCCO5)cn4ccnc34)cc2)C1. The Bertz CT molecular complexity index is 1310. The number of β-amino-alcohol motifs (C(OH)–C–C–N with tert-alkyl or cyclic N) is 1. The minimum atomic E-state index is -0.619. The van der Waals surface area contributed by atoms with Crippen molar-refractivity contribution in [3.05, 3.63) is 61.1 Å². The highest BCUT2D eigenvalue weighted by atomic mass is 16.5. The van der Waals surface area contributed by atoms with Crippen molar-refractivity contribution in [3.63, 3.8) is 0 Å². The van der Waals surface area contributed by atoms with Crippen molar-refractivity contribution in [3.8, 4) is 17.0 Å². The zero-order valence-corrected chi connectivity index (χ0v) is 18.5. The summed E-state index contributed by atoms with van der Waals surface area (Å²) in [6, 6.07) is 14.3. The molecule has 2 aliphatic heterocycles. The molecule has 1 fully saturated rings. The van der Waals surface area contributed by atoms with Gasteiger partial charge in [-0.1, -0.05) is 0 Å². The van der Waals surface area contributed by atoms with E-state index < -0.39 is 5.60 Å². The first kappa shape index (κ1) is 19.9. The van der Waals surface area contributed by atoms with Gasteiger partial charge in [-0.15, -0.1) is 0 Å². The second-order valence-corrected chi connectivity index (χ2v) is 8.96. The zero-order chi connectivity index (χ0) is 22.4. The number of nitrogens with one attached hydrogen (secondary N) is 2. The van der Waals surface area contributed by atoms with E-state index in [9.17, 15) is 5.11 Å². The number of imidazole rings is 1. The molecule has 0 amide bonds. The van der Waals surface area contributed by atoms with Crippen molar-refractivity contribution in [1.82, 2.24) is 14.4 Å². The average Bonchev–Trinajstić information content (AvgIpc) is 3.45. The fraction of sp³-hybridized carbons (Fsp3) is 0.280. The number of rotatable bonds is 4. The molecule has 0 saturated carbocycles. The van der Waals surface area contributed by atoms with E-state index >= 15 is 0 Å². The summed E-state index contributed by atoms with van der Waals surface area (Å²) in [7, 11) is 0. The molecule has 33 heavy (non-hydrogen) atoms. The number of hydrogen-bond donors (Lipinski definition) is 3. The topological polar surface area (TPSA) is 87.0 Å². The van der Waals surface area contributed by atoms with Crippen molar-refractivity contribution in [2.45, 2.75) is 18.9 Å². The number of ether oxygens (including phenoxy) is 1. The average molecular weight is 443 g/mol. The van der Waals surface area contributed by atoms with Crippen LogP contribution < -0.4 is 20.3 Å². The van der Waals surface area contributed by atoms with E-state index in [1.54, 1.807) is 6.20 Å². The zero-order valence-electron chi connectivity index (χ0n) is 18.5. The van der Waals surface area contributed by atoms with Crippen LogP contribution in [0.3, 0.4) is 0 Å². The van der Waals surface area contributed by atoms with Crippen LogP contribution in [0.25, 0.3) is 16.9 Å².